The summed E-state index contributed by atoms with van der Waals surface area (Å²) in [6.45, 7) is 53.7. The van der Waals surface area contributed by atoms with Gasteiger partial charge in [0.25, 0.3) is 0 Å². The van der Waals surface area contributed by atoms with Crippen LogP contribution in [0.4, 0.5) is 0 Å². The van der Waals surface area contributed by atoms with E-state index >= 15 is 0 Å². The molecule has 1 atom stereocenters. The zero-order valence-electron chi connectivity index (χ0n) is 45.0. The van der Waals surface area contributed by atoms with Crippen LogP contribution in [0.3, 0.4) is 0 Å². The quantitative estimate of drug-likeness (QED) is 0.258. The molecule has 0 aromatic heterocycles. The normalized spacial score (nSPS) is 28.8. The summed E-state index contributed by atoms with van der Waals surface area (Å²) >= 11 is 2.16. The zero-order chi connectivity index (χ0) is 46.6. The average molecular weight is 935 g/mol. The molecule has 2 aliphatic carbocycles. The summed E-state index contributed by atoms with van der Waals surface area (Å²) in [5.74, 6) is 2.82. The highest BCUT2D eigenvalue weighted by Gasteiger charge is 2.50. The monoisotopic (exact) mass is 934 g/mol. The van der Waals surface area contributed by atoms with E-state index in [1.807, 2.05) is 0 Å². The minimum absolute atomic E-state index is 0. The molecule has 8 heteroatoms. The van der Waals surface area contributed by atoms with Crippen LogP contribution in [0.25, 0.3) is 0 Å². The van der Waals surface area contributed by atoms with Crippen LogP contribution in [0.15, 0.2) is 0 Å². The van der Waals surface area contributed by atoms with E-state index in [-0.39, 0.29) is 14.9 Å². The highest BCUT2D eigenvalue weighted by atomic mass is 32.2. The molecule has 0 bridgehead atoms. The van der Waals surface area contributed by atoms with Crippen LogP contribution in [0.5, 0.6) is 0 Å². The van der Waals surface area contributed by atoms with Gasteiger partial charge in [-0.3, -0.25) is 19.6 Å². The van der Waals surface area contributed by atoms with Crippen LogP contribution in [-0.4, -0.2) is 145 Å². The largest absolute Gasteiger partial charge is 0.381 e. The van der Waals surface area contributed by atoms with E-state index < -0.39 is 0 Å². The van der Waals surface area contributed by atoms with E-state index in [4.69, 9.17) is 9.47 Å². The summed E-state index contributed by atoms with van der Waals surface area (Å²) in [5.41, 5.74) is 5.49. The first-order chi connectivity index (χ1) is 29.0. The lowest BCUT2D eigenvalue weighted by Gasteiger charge is -2.60. The van der Waals surface area contributed by atoms with Crippen molar-refractivity contribution >= 4 is 11.8 Å². The Hall–Kier alpha value is 0.0700. The number of piperidine rings is 2. The lowest BCUT2D eigenvalue weighted by molar-refractivity contribution is -0.145. The number of hydrogen-bond acceptors (Lipinski definition) is 8. The van der Waals surface area contributed by atoms with Crippen LogP contribution in [0, 0.1) is 32.5 Å². The molecule has 10 fully saturated rings. The number of ether oxygens (including phenoxy) is 2. The molecule has 7 nitrogen and oxygen atoms in total. The van der Waals surface area contributed by atoms with Gasteiger partial charge in [0.2, 0.25) is 0 Å². The van der Waals surface area contributed by atoms with E-state index in [0.717, 1.165) is 37.3 Å². The molecule has 0 radical (unpaired) electrons. The fraction of sp³-hybridized carbons (Fsp3) is 1.00. The number of nitrogens with zero attached hydrogens (tertiary/aromatic N) is 4. The van der Waals surface area contributed by atoms with Crippen LogP contribution in [-0.2, 0) is 9.47 Å². The maximum Gasteiger partial charge on any atom is 0.0545 e. The summed E-state index contributed by atoms with van der Waals surface area (Å²) in [7, 11) is 0. The van der Waals surface area contributed by atoms with Gasteiger partial charge in [-0.2, -0.15) is 11.8 Å². The van der Waals surface area contributed by atoms with Crippen LogP contribution in [0.2, 0.25) is 0 Å². The van der Waals surface area contributed by atoms with Gasteiger partial charge in [0.05, 0.1) is 19.8 Å². The molecule has 0 amide bonds. The van der Waals surface area contributed by atoms with Gasteiger partial charge in [-0.15, -0.1) is 0 Å². The average Bonchev–Trinajstić information content (AvgIpc) is 3.61. The van der Waals surface area contributed by atoms with Crippen molar-refractivity contribution in [2.24, 2.45) is 32.5 Å². The Morgan fingerprint density at radius 1 is 0.415 bits per heavy atom. The summed E-state index contributed by atoms with van der Waals surface area (Å²) in [5, 5.41) is 3.38. The van der Waals surface area contributed by atoms with Gasteiger partial charge < -0.3 is 14.8 Å². The predicted octanol–water partition coefficient (Wildman–Crippen LogP) is 13.2. The van der Waals surface area contributed by atoms with Crippen molar-refractivity contribution in [2.45, 2.75) is 231 Å². The fourth-order valence-corrected chi connectivity index (χ4v) is 12.7. The third-order valence-electron chi connectivity index (χ3n) is 16.8. The van der Waals surface area contributed by atoms with Gasteiger partial charge >= 0.3 is 0 Å². The molecule has 65 heavy (non-hydrogen) atoms. The summed E-state index contributed by atoms with van der Waals surface area (Å²) in [4.78, 5) is 10.5. The first-order valence-corrected chi connectivity index (χ1v) is 27.6. The smallest absolute Gasteiger partial charge is 0.0545 e. The molecule has 386 valence electrons. The topological polar surface area (TPSA) is 43.4 Å². The number of likely N-dealkylation sites (tertiary alicyclic amines) is 4. The molecule has 1 N–H and O–H groups in total. The van der Waals surface area contributed by atoms with Gasteiger partial charge in [0.1, 0.15) is 0 Å². The highest BCUT2D eigenvalue weighted by molar-refractivity contribution is 7.99. The number of nitrogens with one attached hydrogen (secondary N) is 1. The van der Waals surface area contributed by atoms with Gasteiger partial charge in [0.15, 0.2) is 0 Å². The molecule has 2 saturated carbocycles. The third kappa shape index (κ3) is 18.0. The molecule has 8 heterocycles. The van der Waals surface area contributed by atoms with Crippen molar-refractivity contribution in [3.05, 3.63) is 0 Å². The van der Waals surface area contributed by atoms with Gasteiger partial charge in [-0.1, -0.05) is 49.0 Å². The standard InChI is InChI=1S/C12H23NO.C11H21NO.C11H21NS.C10H19N.C6H11N.C5H12.2CH4/c1-11(2,3)13-7-4-12(5-8-13)6-9-14-10-12;1-10(2,3)12-6-4-11(5-7-12)8-13-9-11;1-10(2,3)12-6-4-11(8-12)5-7-13-9-11;1-9(2,3)11-7-10(8-11)5-4-6-10;1-2-6(1)3-4-7-5-6;1-5(2,3)4;;/h4-10H2,1-3H3;2*4-9H2,1-3H3;4-8H2,1-3H3;7H,1-5H2;1-4H3;2*1H4. The van der Waals surface area contributed by atoms with Crippen LogP contribution < -0.4 is 5.32 Å². The number of rotatable bonds is 0. The molecule has 5 spiro atoms. The Labute approximate surface area is 411 Å². The van der Waals surface area contributed by atoms with Crippen molar-refractivity contribution in [3.8, 4) is 0 Å². The Bertz CT molecular complexity index is 1330. The Kier molecular flexibility index (Phi) is 21.1. The van der Waals surface area contributed by atoms with Crippen molar-refractivity contribution < 1.29 is 9.47 Å². The van der Waals surface area contributed by atoms with Crippen molar-refractivity contribution in [1.29, 1.82) is 0 Å². The van der Waals surface area contributed by atoms with Crippen molar-refractivity contribution in [3.63, 3.8) is 0 Å². The lowest BCUT2D eigenvalue weighted by Crippen LogP contribution is -2.64. The molecule has 10 rings (SSSR count). The first kappa shape index (κ1) is 59.4. The van der Waals surface area contributed by atoms with Crippen LogP contribution >= 0.6 is 11.8 Å². The predicted molar refractivity (Wildman–Crippen MR) is 288 cm³/mol. The van der Waals surface area contributed by atoms with Crippen LogP contribution in [0.1, 0.15) is 209 Å². The zero-order valence-corrected chi connectivity index (χ0v) is 45.8. The second-order valence-electron chi connectivity index (χ2n) is 28.6. The van der Waals surface area contributed by atoms with Crippen molar-refractivity contribution in [1.82, 2.24) is 24.9 Å². The molecular weight excluding hydrogens is 819 g/mol. The molecule has 0 aromatic carbocycles. The summed E-state index contributed by atoms with van der Waals surface area (Å²) in [6.07, 6.45) is 18.5. The molecular formula is C57H115N5O2S. The molecule has 1 unspecified atom stereocenters. The van der Waals surface area contributed by atoms with Crippen molar-refractivity contribution in [2.75, 3.05) is 103 Å². The Balaban J connectivity index is 0.000000211. The molecule has 8 saturated heterocycles. The Morgan fingerprint density at radius 2 is 0.846 bits per heavy atom. The summed E-state index contributed by atoms with van der Waals surface area (Å²) in [6, 6.07) is 0. The lowest BCUT2D eigenvalue weighted by atomic mass is 9.62. The molecule has 0 aromatic rings. The van der Waals surface area contributed by atoms with E-state index in [1.165, 1.54) is 160 Å². The number of hydrogen-bond donors (Lipinski definition) is 1. The van der Waals surface area contributed by atoms with E-state index in [0.29, 0.717) is 43.8 Å². The number of thioether (sulfide) groups is 1. The van der Waals surface area contributed by atoms with Gasteiger partial charge in [0, 0.05) is 66.1 Å². The minimum Gasteiger partial charge on any atom is -0.381 e. The van der Waals surface area contributed by atoms with E-state index in [1.54, 1.807) is 0 Å². The van der Waals surface area contributed by atoms with Gasteiger partial charge in [-0.05, 0) is 232 Å². The first-order valence-electron chi connectivity index (χ1n) is 26.4. The minimum atomic E-state index is 0. The van der Waals surface area contributed by atoms with E-state index in [2.05, 4.69) is 147 Å². The van der Waals surface area contributed by atoms with Gasteiger partial charge in [-0.25, -0.2) is 0 Å². The second-order valence-corrected chi connectivity index (χ2v) is 29.7. The molecule has 10 aliphatic rings. The molecule has 8 aliphatic heterocycles. The Morgan fingerprint density at radius 3 is 1.14 bits per heavy atom. The highest BCUT2D eigenvalue weighted by Crippen LogP contribution is 2.51. The fourth-order valence-electron chi connectivity index (χ4n) is 11.1. The summed E-state index contributed by atoms with van der Waals surface area (Å²) < 4.78 is 10.9. The second kappa shape index (κ2) is 23.1. The maximum atomic E-state index is 5.54. The maximum absolute atomic E-state index is 5.54. The van der Waals surface area contributed by atoms with E-state index in [9.17, 15) is 0 Å². The third-order valence-corrected chi connectivity index (χ3v) is 18.1. The SMILES string of the molecule is C.C.C1CC2(CC2)CN1.CC(C)(C)C.CC(C)(C)N1CC2(CCC2)C1.CC(C)(C)N1CCC2(CC1)COC2.CC(C)(C)N1CCC2(CCOC2)CC1.CC(C)(C)N1CCC2(CCSC2)C1.